The summed E-state index contributed by atoms with van der Waals surface area (Å²) in [5, 5.41) is 6.77. The summed E-state index contributed by atoms with van der Waals surface area (Å²) in [6, 6.07) is 6.67. The van der Waals surface area contributed by atoms with Crippen LogP contribution in [0, 0.1) is 0 Å². The lowest BCUT2D eigenvalue weighted by Crippen LogP contribution is -2.36. The van der Waals surface area contributed by atoms with E-state index in [0.717, 1.165) is 31.0 Å². The zero-order valence-electron chi connectivity index (χ0n) is 12.4. The number of anilines is 1. The van der Waals surface area contributed by atoms with E-state index in [1.165, 1.54) is 5.56 Å². The van der Waals surface area contributed by atoms with Crippen molar-refractivity contribution in [3.8, 4) is 5.75 Å². The van der Waals surface area contributed by atoms with Crippen LogP contribution in [0.5, 0.6) is 5.75 Å². The van der Waals surface area contributed by atoms with Gasteiger partial charge in [0.2, 0.25) is 0 Å². The Kier molecular flexibility index (Phi) is 5.64. The molecule has 5 heteroatoms. The molecule has 0 bridgehead atoms. The Morgan fingerprint density at radius 3 is 2.90 bits per heavy atom. The Balaban J connectivity index is 1.86. The van der Waals surface area contributed by atoms with Gasteiger partial charge in [0.1, 0.15) is 12.4 Å². The van der Waals surface area contributed by atoms with Gasteiger partial charge in [0.05, 0.1) is 5.69 Å². The highest BCUT2D eigenvalue weighted by Gasteiger charge is 2.12. The fraction of sp³-hybridized carbons (Fsp3) is 0.600. The van der Waals surface area contributed by atoms with E-state index in [9.17, 15) is 0 Å². The van der Waals surface area contributed by atoms with Gasteiger partial charge >= 0.3 is 0 Å². The molecule has 0 saturated carbocycles. The van der Waals surface area contributed by atoms with E-state index in [0.29, 0.717) is 12.6 Å². The molecule has 20 heavy (non-hydrogen) atoms. The molecule has 0 radical (unpaired) electrons. The van der Waals surface area contributed by atoms with E-state index in [1.807, 2.05) is 6.07 Å². The van der Waals surface area contributed by atoms with Gasteiger partial charge in [-0.25, -0.2) is 0 Å². The minimum atomic E-state index is -0.198. The minimum Gasteiger partial charge on any atom is -0.490 e. The quantitative estimate of drug-likeness (QED) is 0.744. The summed E-state index contributed by atoms with van der Waals surface area (Å²) in [7, 11) is 3.30. The molecule has 5 nitrogen and oxygen atoms in total. The first-order valence-corrected chi connectivity index (χ1v) is 7.01. The minimum absolute atomic E-state index is 0.198. The first kappa shape index (κ1) is 15.1. The van der Waals surface area contributed by atoms with Crippen molar-refractivity contribution in [1.82, 2.24) is 5.32 Å². The van der Waals surface area contributed by atoms with Crippen molar-refractivity contribution in [3.63, 3.8) is 0 Å². The second kappa shape index (κ2) is 7.47. The molecule has 1 atom stereocenters. The molecule has 1 aromatic rings. The van der Waals surface area contributed by atoms with Gasteiger partial charge in [0, 0.05) is 33.4 Å². The molecular weight excluding hydrogens is 256 g/mol. The van der Waals surface area contributed by atoms with Crippen LogP contribution in [0.25, 0.3) is 0 Å². The van der Waals surface area contributed by atoms with Crippen molar-refractivity contribution in [1.29, 1.82) is 0 Å². The Morgan fingerprint density at radius 2 is 2.15 bits per heavy atom. The van der Waals surface area contributed by atoms with Crippen molar-refractivity contribution < 1.29 is 14.2 Å². The fourth-order valence-electron chi connectivity index (χ4n) is 2.30. The number of nitrogens with one attached hydrogen (secondary N) is 2. The van der Waals surface area contributed by atoms with Gasteiger partial charge in [-0.05, 0) is 31.0 Å². The first-order valence-electron chi connectivity index (χ1n) is 7.01. The predicted octanol–water partition coefficient (Wildman–Crippen LogP) is 1.63. The summed E-state index contributed by atoms with van der Waals surface area (Å²) in [5.74, 6) is 0.944. The van der Waals surface area contributed by atoms with Crippen LogP contribution in [0.15, 0.2) is 18.2 Å². The van der Waals surface area contributed by atoms with Crippen LogP contribution in [0.2, 0.25) is 0 Å². The predicted molar refractivity (Wildman–Crippen MR) is 79.4 cm³/mol. The molecule has 2 rings (SSSR count). The van der Waals surface area contributed by atoms with Gasteiger partial charge in [-0.2, -0.15) is 0 Å². The maximum absolute atomic E-state index is 5.58. The van der Waals surface area contributed by atoms with Crippen LogP contribution in [-0.4, -0.2) is 46.2 Å². The lowest BCUT2D eigenvalue weighted by atomic mass is 10.1. The Hall–Kier alpha value is -1.30. The third-order valence-corrected chi connectivity index (χ3v) is 3.42. The molecular formula is C15H24N2O3. The SMILES string of the molecule is COC(CNC(C)Cc1ccc2c(c1)NCCO2)OC. The Morgan fingerprint density at radius 1 is 1.35 bits per heavy atom. The standard InChI is InChI=1S/C15H24N2O3/c1-11(17-10-15(18-2)19-3)8-12-4-5-14-13(9-12)16-6-7-20-14/h4-5,9,11,15-17H,6-8,10H2,1-3H3. The van der Waals surface area contributed by atoms with Gasteiger partial charge < -0.3 is 24.8 Å². The molecule has 1 aliphatic rings. The lowest BCUT2D eigenvalue weighted by molar-refractivity contribution is -0.0996. The van der Waals surface area contributed by atoms with Gasteiger partial charge in [-0.1, -0.05) is 6.07 Å². The molecule has 0 amide bonds. The number of hydrogen-bond donors (Lipinski definition) is 2. The molecule has 1 heterocycles. The number of ether oxygens (including phenoxy) is 3. The lowest BCUT2D eigenvalue weighted by Gasteiger charge is -2.21. The monoisotopic (exact) mass is 280 g/mol. The van der Waals surface area contributed by atoms with Crippen LogP contribution < -0.4 is 15.4 Å². The van der Waals surface area contributed by atoms with Gasteiger partial charge in [0.15, 0.2) is 6.29 Å². The molecule has 1 unspecified atom stereocenters. The molecule has 0 aliphatic carbocycles. The molecule has 2 N–H and O–H groups in total. The highest BCUT2D eigenvalue weighted by Crippen LogP contribution is 2.28. The first-order chi connectivity index (χ1) is 9.72. The van der Waals surface area contributed by atoms with E-state index in [-0.39, 0.29) is 6.29 Å². The van der Waals surface area contributed by atoms with E-state index in [4.69, 9.17) is 14.2 Å². The van der Waals surface area contributed by atoms with E-state index in [2.05, 4.69) is 29.7 Å². The van der Waals surface area contributed by atoms with Crippen LogP contribution in [0.3, 0.4) is 0 Å². The molecule has 112 valence electrons. The molecule has 0 spiro atoms. The maximum atomic E-state index is 5.58. The zero-order chi connectivity index (χ0) is 14.4. The van der Waals surface area contributed by atoms with E-state index >= 15 is 0 Å². The molecule has 0 saturated heterocycles. The summed E-state index contributed by atoms with van der Waals surface area (Å²) < 4.78 is 15.9. The van der Waals surface area contributed by atoms with Crippen molar-refractivity contribution in [3.05, 3.63) is 23.8 Å². The van der Waals surface area contributed by atoms with Gasteiger partial charge in [0.25, 0.3) is 0 Å². The highest BCUT2D eigenvalue weighted by atomic mass is 16.7. The van der Waals surface area contributed by atoms with E-state index in [1.54, 1.807) is 14.2 Å². The number of rotatable bonds is 7. The smallest absolute Gasteiger partial charge is 0.169 e. The second-order valence-electron chi connectivity index (χ2n) is 5.02. The average molecular weight is 280 g/mol. The third-order valence-electron chi connectivity index (χ3n) is 3.42. The topological polar surface area (TPSA) is 51.8 Å². The highest BCUT2D eigenvalue weighted by molar-refractivity contribution is 5.59. The Bertz CT molecular complexity index is 422. The summed E-state index contributed by atoms with van der Waals surface area (Å²) >= 11 is 0. The van der Waals surface area contributed by atoms with E-state index < -0.39 is 0 Å². The zero-order valence-corrected chi connectivity index (χ0v) is 12.4. The summed E-state index contributed by atoms with van der Waals surface area (Å²) in [6.45, 7) is 4.44. The van der Waals surface area contributed by atoms with Crippen LogP contribution in [0.4, 0.5) is 5.69 Å². The van der Waals surface area contributed by atoms with Crippen molar-refractivity contribution in [2.75, 3.05) is 39.2 Å². The maximum Gasteiger partial charge on any atom is 0.169 e. The summed E-state index contributed by atoms with van der Waals surface area (Å²) in [4.78, 5) is 0. The van der Waals surface area contributed by atoms with Crippen molar-refractivity contribution in [2.45, 2.75) is 25.7 Å². The van der Waals surface area contributed by atoms with Crippen LogP contribution in [-0.2, 0) is 15.9 Å². The largest absolute Gasteiger partial charge is 0.490 e. The van der Waals surface area contributed by atoms with Crippen molar-refractivity contribution >= 4 is 5.69 Å². The number of hydrogen-bond acceptors (Lipinski definition) is 5. The fourth-order valence-corrected chi connectivity index (χ4v) is 2.30. The summed E-state index contributed by atoms with van der Waals surface area (Å²) in [6.07, 6.45) is 0.755. The second-order valence-corrected chi connectivity index (χ2v) is 5.02. The Labute approximate surface area is 120 Å². The van der Waals surface area contributed by atoms with Gasteiger partial charge in [-0.3, -0.25) is 0 Å². The molecule has 0 fully saturated rings. The molecule has 1 aromatic carbocycles. The number of fused-ring (bicyclic) bond motifs is 1. The molecule has 0 aromatic heterocycles. The number of methoxy groups -OCH3 is 2. The van der Waals surface area contributed by atoms with Crippen molar-refractivity contribution in [2.24, 2.45) is 0 Å². The summed E-state index contributed by atoms with van der Waals surface area (Å²) in [5.41, 5.74) is 2.38. The average Bonchev–Trinajstić information content (AvgIpc) is 2.48. The van der Waals surface area contributed by atoms with Crippen LogP contribution in [0.1, 0.15) is 12.5 Å². The normalized spacial score (nSPS) is 15.4. The third kappa shape index (κ3) is 4.10. The number of benzene rings is 1. The molecule has 1 aliphatic heterocycles. The van der Waals surface area contributed by atoms with Crippen LogP contribution >= 0.6 is 0 Å². The van der Waals surface area contributed by atoms with Gasteiger partial charge in [-0.15, -0.1) is 0 Å².